The van der Waals surface area contributed by atoms with Crippen LogP contribution >= 0.6 is 0 Å². The first-order chi connectivity index (χ1) is 13.1. The van der Waals surface area contributed by atoms with E-state index in [1.807, 2.05) is 0 Å². The van der Waals surface area contributed by atoms with Gasteiger partial charge in [-0.05, 0) is 24.3 Å². The Morgan fingerprint density at radius 1 is 1.07 bits per heavy atom. The molecule has 0 saturated heterocycles. The van der Waals surface area contributed by atoms with Crippen LogP contribution in [0.4, 0.5) is 24.5 Å². The Kier molecular flexibility index (Phi) is 6.53. The number of anilines is 1. The molecule has 0 unspecified atom stereocenters. The van der Waals surface area contributed by atoms with Crippen LogP contribution in [0.1, 0.15) is 5.56 Å². The normalized spacial score (nSPS) is 10.8. The zero-order valence-electron chi connectivity index (χ0n) is 14.1. The summed E-state index contributed by atoms with van der Waals surface area (Å²) < 4.78 is 47.3. The van der Waals surface area contributed by atoms with E-state index < -0.39 is 41.8 Å². The SMILES string of the molecule is O=C(COC(=O)COc1cccc(C(F)(F)F)c1)Nc1cccc([N+](=O)[O-])c1. The molecule has 0 aliphatic carbocycles. The first kappa shape index (κ1) is 20.7. The molecule has 0 aromatic heterocycles. The number of amides is 1. The minimum absolute atomic E-state index is 0.135. The molecule has 28 heavy (non-hydrogen) atoms. The van der Waals surface area contributed by atoms with Gasteiger partial charge in [-0.25, -0.2) is 4.79 Å². The van der Waals surface area contributed by atoms with Crippen molar-refractivity contribution in [2.24, 2.45) is 0 Å². The average Bonchev–Trinajstić information content (AvgIpc) is 2.64. The van der Waals surface area contributed by atoms with Crippen LogP contribution in [0.3, 0.4) is 0 Å². The number of carbonyl (C=O) groups is 2. The third-order valence-electron chi connectivity index (χ3n) is 3.22. The van der Waals surface area contributed by atoms with Crippen molar-refractivity contribution in [3.05, 3.63) is 64.2 Å². The fourth-order valence-electron chi connectivity index (χ4n) is 1.99. The van der Waals surface area contributed by atoms with Gasteiger partial charge in [-0.15, -0.1) is 0 Å². The number of hydrogen-bond acceptors (Lipinski definition) is 6. The molecule has 0 heterocycles. The second-order valence-corrected chi connectivity index (χ2v) is 5.33. The van der Waals surface area contributed by atoms with Gasteiger partial charge < -0.3 is 14.8 Å². The molecule has 1 amide bonds. The van der Waals surface area contributed by atoms with Crippen molar-refractivity contribution >= 4 is 23.3 Å². The summed E-state index contributed by atoms with van der Waals surface area (Å²) in [6, 6.07) is 9.06. The minimum Gasteiger partial charge on any atom is -0.482 e. The van der Waals surface area contributed by atoms with E-state index in [9.17, 15) is 32.9 Å². The molecule has 2 rings (SSSR count). The number of carbonyl (C=O) groups excluding carboxylic acids is 2. The third kappa shape index (κ3) is 6.27. The van der Waals surface area contributed by atoms with Gasteiger partial charge in [0.2, 0.25) is 0 Å². The molecule has 0 saturated carbocycles. The molecule has 0 aliphatic heterocycles. The fraction of sp³-hybridized carbons (Fsp3) is 0.176. The Bertz CT molecular complexity index is 885. The van der Waals surface area contributed by atoms with Gasteiger partial charge >= 0.3 is 12.1 Å². The van der Waals surface area contributed by atoms with Gasteiger partial charge in [0.05, 0.1) is 10.5 Å². The van der Waals surface area contributed by atoms with E-state index in [4.69, 9.17) is 4.74 Å². The van der Waals surface area contributed by atoms with E-state index in [1.54, 1.807) is 0 Å². The van der Waals surface area contributed by atoms with Crippen LogP contribution < -0.4 is 10.1 Å². The van der Waals surface area contributed by atoms with Crippen LogP contribution in [0.5, 0.6) is 5.75 Å². The lowest BCUT2D eigenvalue weighted by Gasteiger charge is -2.10. The maximum absolute atomic E-state index is 12.6. The highest BCUT2D eigenvalue weighted by atomic mass is 19.4. The van der Waals surface area contributed by atoms with Crippen LogP contribution in [0.2, 0.25) is 0 Å². The second kappa shape index (κ2) is 8.84. The first-order valence-electron chi connectivity index (χ1n) is 7.65. The second-order valence-electron chi connectivity index (χ2n) is 5.33. The van der Waals surface area contributed by atoms with Crippen molar-refractivity contribution in [3.63, 3.8) is 0 Å². The van der Waals surface area contributed by atoms with Crippen LogP contribution in [-0.4, -0.2) is 30.0 Å². The van der Waals surface area contributed by atoms with Gasteiger partial charge in [0, 0.05) is 17.8 Å². The standard InChI is InChI=1S/C17H13F3N2O6/c18-17(19,20)11-3-1-6-14(7-11)27-10-16(24)28-9-15(23)21-12-4-2-5-13(8-12)22(25)26/h1-8H,9-10H2,(H,21,23). The zero-order chi connectivity index (χ0) is 20.7. The van der Waals surface area contributed by atoms with Crippen molar-refractivity contribution in [1.82, 2.24) is 0 Å². The number of halogens is 3. The summed E-state index contributed by atoms with van der Waals surface area (Å²) >= 11 is 0. The minimum atomic E-state index is -4.55. The largest absolute Gasteiger partial charge is 0.482 e. The van der Waals surface area contributed by atoms with Crippen LogP contribution in [-0.2, 0) is 20.5 Å². The molecule has 2 aromatic carbocycles. The topological polar surface area (TPSA) is 108 Å². The molecule has 1 N–H and O–H groups in total. The number of nitro benzene ring substituents is 1. The molecule has 8 nitrogen and oxygen atoms in total. The van der Waals surface area contributed by atoms with Gasteiger partial charge in [-0.3, -0.25) is 14.9 Å². The van der Waals surface area contributed by atoms with E-state index >= 15 is 0 Å². The third-order valence-corrected chi connectivity index (χ3v) is 3.22. The number of alkyl halides is 3. The van der Waals surface area contributed by atoms with E-state index in [-0.39, 0.29) is 17.1 Å². The van der Waals surface area contributed by atoms with E-state index in [2.05, 4.69) is 10.1 Å². The number of hydrogen-bond donors (Lipinski definition) is 1. The van der Waals surface area contributed by atoms with Crippen molar-refractivity contribution < 1.29 is 37.2 Å². The number of nitrogens with one attached hydrogen (secondary N) is 1. The molecule has 0 spiro atoms. The van der Waals surface area contributed by atoms with Gasteiger partial charge in [0.15, 0.2) is 13.2 Å². The molecule has 0 fully saturated rings. The number of benzene rings is 2. The number of esters is 1. The van der Waals surface area contributed by atoms with Gasteiger partial charge in [-0.1, -0.05) is 12.1 Å². The summed E-state index contributed by atoms with van der Waals surface area (Å²) in [6.45, 7) is -1.40. The number of ether oxygens (including phenoxy) is 2. The van der Waals surface area contributed by atoms with E-state index in [1.165, 1.54) is 24.3 Å². The van der Waals surface area contributed by atoms with Crippen molar-refractivity contribution in [3.8, 4) is 5.75 Å². The first-order valence-corrected chi connectivity index (χ1v) is 7.65. The molecule has 0 radical (unpaired) electrons. The molecule has 0 aliphatic rings. The van der Waals surface area contributed by atoms with E-state index in [0.717, 1.165) is 24.3 Å². The smallest absolute Gasteiger partial charge is 0.416 e. The number of non-ortho nitro benzene ring substituents is 1. The molecule has 0 bridgehead atoms. The fourth-order valence-corrected chi connectivity index (χ4v) is 1.99. The molecular formula is C17H13F3N2O6. The Labute approximate surface area is 156 Å². The average molecular weight is 398 g/mol. The zero-order valence-corrected chi connectivity index (χ0v) is 14.1. The lowest BCUT2D eigenvalue weighted by atomic mass is 10.2. The Hall–Kier alpha value is -3.63. The summed E-state index contributed by atoms with van der Waals surface area (Å²) in [5.74, 6) is -1.92. The molecule has 11 heteroatoms. The number of nitro groups is 1. The lowest BCUT2D eigenvalue weighted by molar-refractivity contribution is -0.384. The summed E-state index contributed by atoms with van der Waals surface area (Å²) in [5.41, 5.74) is -1.03. The van der Waals surface area contributed by atoms with Gasteiger partial charge in [0.25, 0.3) is 11.6 Å². The maximum atomic E-state index is 12.6. The maximum Gasteiger partial charge on any atom is 0.416 e. The van der Waals surface area contributed by atoms with Gasteiger partial charge in [-0.2, -0.15) is 13.2 Å². The Morgan fingerprint density at radius 3 is 2.46 bits per heavy atom. The Morgan fingerprint density at radius 2 is 1.79 bits per heavy atom. The lowest BCUT2D eigenvalue weighted by Crippen LogP contribution is -2.23. The molecule has 148 valence electrons. The summed E-state index contributed by atoms with van der Waals surface area (Å²) in [6.07, 6.45) is -4.55. The summed E-state index contributed by atoms with van der Waals surface area (Å²) in [5, 5.41) is 13.0. The highest BCUT2D eigenvalue weighted by molar-refractivity contribution is 5.93. The van der Waals surface area contributed by atoms with Crippen LogP contribution in [0.15, 0.2) is 48.5 Å². The summed E-state index contributed by atoms with van der Waals surface area (Å²) in [4.78, 5) is 33.3. The van der Waals surface area contributed by atoms with Crippen LogP contribution in [0.25, 0.3) is 0 Å². The summed E-state index contributed by atoms with van der Waals surface area (Å²) in [7, 11) is 0. The van der Waals surface area contributed by atoms with Crippen molar-refractivity contribution in [1.29, 1.82) is 0 Å². The monoisotopic (exact) mass is 398 g/mol. The highest BCUT2D eigenvalue weighted by Crippen LogP contribution is 2.31. The molecule has 0 atom stereocenters. The van der Waals surface area contributed by atoms with Crippen LogP contribution in [0, 0.1) is 10.1 Å². The molecule has 2 aromatic rings. The highest BCUT2D eigenvalue weighted by Gasteiger charge is 2.30. The van der Waals surface area contributed by atoms with Crippen molar-refractivity contribution in [2.45, 2.75) is 6.18 Å². The van der Waals surface area contributed by atoms with E-state index in [0.29, 0.717) is 0 Å². The Balaban J connectivity index is 1.80. The van der Waals surface area contributed by atoms with Crippen molar-refractivity contribution in [2.75, 3.05) is 18.5 Å². The van der Waals surface area contributed by atoms with Gasteiger partial charge in [0.1, 0.15) is 5.75 Å². The molecular weight excluding hydrogens is 385 g/mol. The quantitative estimate of drug-likeness (QED) is 0.436. The number of rotatable bonds is 7. The predicted octanol–water partition coefficient (Wildman–Crippen LogP) is 3.17. The predicted molar refractivity (Wildman–Crippen MR) is 89.6 cm³/mol. The number of nitrogens with zero attached hydrogens (tertiary/aromatic N) is 1.